The van der Waals surface area contributed by atoms with Gasteiger partial charge in [-0.1, -0.05) is 12.1 Å². The normalized spacial score (nSPS) is 11.3. The van der Waals surface area contributed by atoms with Crippen LogP contribution in [0.4, 0.5) is 0 Å². The highest BCUT2D eigenvalue weighted by Gasteiger charge is 2.15. The van der Waals surface area contributed by atoms with Crippen molar-refractivity contribution in [3.8, 4) is 11.5 Å². The Morgan fingerprint density at radius 3 is 2.43 bits per heavy atom. The fraction of sp³-hybridized carbons (Fsp3) is 0.143. The molecule has 112 valence electrons. The third kappa shape index (κ3) is 3.96. The van der Waals surface area contributed by atoms with E-state index in [1.54, 1.807) is 18.2 Å². The largest absolute Gasteiger partial charge is 0.508 e. The molecule has 0 bridgehead atoms. The molecule has 0 heterocycles. The van der Waals surface area contributed by atoms with Gasteiger partial charge in [0.05, 0.1) is 16.5 Å². The van der Waals surface area contributed by atoms with Crippen LogP contribution in [-0.2, 0) is 16.6 Å². The van der Waals surface area contributed by atoms with E-state index in [-0.39, 0.29) is 17.2 Å². The zero-order valence-electron chi connectivity index (χ0n) is 11.2. The van der Waals surface area contributed by atoms with E-state index in [1.807, 2.05) is 0 Å². The quantitative estimate of drug-likeness (QED) is 0.846. The lowest BCUT2D eigenvalue weighted by Gasteiger charge is -2.09. The summed E-state index contributed by atoms with van der Waals surface area (Å²) in [6, 6.07) is 10.9. The molecule has 2 rings (SSSR count). The van der Waals surface area contributed by atoms with Crippen LogP contribution in [0.3, 0.4) is 0 Å². The summed E-state index contributed by atoms with van der Waals surface area (Å²) in [6.07, 6.45) is 0. The van der Waals surface area contributed by atoms with E-state index in [1.165, 1.54) is 31.4 Å². The first-order valence-electron chi connectivity index (χ1n) is 6.03. The number of phenolic OH excluding ortho intramolecular Hbond substituents is 1. The van der Waals surface area contributed by atoms with Crippen LogP contribution in [0.5, 0.6) is 11.5 Å². The lowest BCUT2D eigenvalue weighted by atomic mass is 10.2. The molecular formula is C14H14BrNO4S. The van der Waals surface area contributed by atoms with Gasteiger partial charge in [0.15, 0.2) is 0 Å². The predicted molar refractivity (Wildman–Crippen MR) is 82.8 cm³/mol. The Labute approximate surface area is 131 Å². The number of aromatic hydroxyl groups is 1. The number of hydrogen-bond donors (Lipinski definition) is 2. The van der Waals surface area contributed by atoms with Crippen LogP contribution >= 0.6 is 15.9 Å². The number of halogens is 1. The molecule has 0 saturated carbocycles. The van der Waals surface area contributed by atoms with E-state index in [4.69, 9.17) is 4.74 Å². The summed E-state index contributed by atoms with van der Waals surface area (Å²) in [5.74, 6) is 0.702. The Bertz CT molecular complexity index is 729. The minimum absolute atomic E-state index is 0.140. The van der Waals surface area contributed by atoms with Crippen LogP contribution in [-0.4, -0.2) is 20.6 Å². The minimum atomic E-state index is -3.61. The van der Waals surface area contributed by atoms with Crippen LogP contribution < -0.4 is 9.46 Å². The molecule has 0 aliphatic heterocycles. The van der Waals surface area contributed by atoms with Crippen molar-refractivity contribution in [2.45, 2.75) is 11.4 Å². The van der Waals surface area contributed by atoms with Gasteiger partial charge in [-0.15, -0.1) is 0 Å². The molecule has 7 heteroatoms. The number of rotatable bonds is 5. The molecule has 0 atom stereocenters. The highest BCUT2D eigenvalue weighted by Crippen LogP contribution is 2.27. The Kier molecular flexibility index (Phi) is 4.87. The van der Waals surface area contributed by atoms with Crippen LogP contribution in [0, 0.1) is 0 Å². The lowest BCUT2D eigenvalue weighted by Crippen LogP contribution is -2.23. The van der Waals surface area contributed by atoms with Gasteiger partial charge in [0.2, 0.25) is 10.0 Å². The SMILES string of the molecule is COc1ccc(S(=O)(=O)NCc2ccc(O)cc2)cc1Br. The van der Waals surface area contributed by atoms with Gasteiger partial charge in [0.25, 0.3) is 0 Å². The molecule has 21 heavy (non-hydrogen) atoms. The van der Waals surface area contributed by atoms with Crippen LogP contribution in [0.25, 0.3) is 0 Å². The molecule has 2 N–H and O–H groups in total. The molecule has 0 amide bonds. The molecule has 2 aromatic rings. The van der Waals surface area contributed by atoms with E-state index in [9.17, 15) is 13.5 Å². The zero-order valence-corrected chi connectivity index (χ0v) is 13.6. The third-order valence-corrected chi connectivity index (χ3v) is 4.85. The van der Waals surface area contributed by atoms with Crippen molar-refractivity contribution >= 4 is 26.0 Å². The average Bonchev–Trinajstić information content (AvgIpc) is 2.46. The Balaban J connectivity index is 2.14. The highest BCUT2D eigenvalue weighted by molar-refractivity contribution is 9.10. The number of methoxy groups -OCH3 is 1. The van der Waals surface area contributed by atoms with Gasteiger partial charge in [-0.3, -0.25) is 0 Å². The van der Waals surface area contributed by atoms with E-state index in [2.05, 4.69) is 20.7 Å². The molecule has 0 radical (unpaired) electrons. The summed E-state index contributed by atoms with van der Waals surface area (Å²) in [5.41, 5.74) is 0.754. The van der Waals surface area contributed by atoms with E-state index >= 15 is 0 Å². The van der Waals surface area contributed by atoms with Gasteiger partial charge >= 0.3 is 0 Å². The smallest absolute Gasteiger partial charge is 0.240 e. The molecule has 0 unspecified atom stereocenters. The van der Waals surface area contributed by atoms with E-state index in [0.717, 1.165) is 5.56 Å². The van der Waals surface area contributed by atoms with Gasteiger partial charge in [-0.05, 0) is 51.8 Å². The van der Waals surface area contributed by atoms with Gasteiger partial charge in [0.1, 0.15) is 11.5 Å². The minimum Gasteiger partial charge on any atom is -0.508 e. The number of sulfonamides is 1. The van der Waals surface area contributed by atoms with Crippen molar-refractivity contribution in [1.82, 2.24) is 4.72 Å². The van der Waals surface area contributed by atoms with Crippen LogP contribution in [0.2, 0.25) is 0 Å². The van der Waals surface area contributed by atoms with Gasteiger partial charge < -0.3 is 9.84 Å². The summed E-state index contributed by atoms with van der Waals surface area (Å²) in [7, 11) is -2.10. The molecule has 0 saturated heterocycles. The first-order valence-corrected chi connectivity index (χ1v) is 8.31. The van der Waals surface area contributed by atoms with Crippen molar-refractivity contribution in [1.29, 1.82) is 0 Å². The van der Waals surface area contributed by atoms with Crippen molar-refractivity contribution in [3.05, 3.63) is 52.5 Å². The maximum absolute atomic E-state index is 12.2. The summed E-state index contributed by atoms with van der Waals surface area (Å²) < 4.78 is 32.5. The van der Waals surface area contributed by atoms with Crippen molar-refractivity contribution in [2.75, 3.05) is 7.11 Å². The van der Waals surface area contributed by atoms with Crippen molar-refractivity contribution < 1.29 is 18.3 Å². The monoisotopic (exact) mass is 371 g/mol. The molecule has 0 aliphatic carbocycles. The Morgan fingerprint density at radius 2 is 1.86 bits per heavy atom. The summed E-state index contributed by atoms with van der Waals surface area (Å²) in [5, 5.41) is 9.19. The van der Waals surface area contributed by atoms with E-state index < -0.39 is 10.0 Å². The number of benzene rings is 2. The topological polar surface area (TPSA) is 75.6 Å². The second-order valence-electron chi connectivity index (χ2n) is 4.29. The van der Waals surface area contributed by atoms with Crippen LogP contribution in [0.1, 0.15) is 5.56 Å². The summed E-state index contributed by atoms with van der Waals surface area (Å²) in [4.78, 5) is 0.147. The first kappa shape index (κ1) is 15.8. The second-order valence-corrected chi connectivity index (χ2v) is 6.91. The fourth-order valence-electron chi connectivity index (χ4n) is 1.69. The average molecular weight is 372 g/mol. The maximum atomic E-state index is 12.2. The third-order valence-electron chi connectivity index (χ3n) is 2.84. The standard InChI is InChI=1S/C14H14BrNO4S/c1-20-14-7-6-12(8-13(14)15)21(18,19)16-9-10-2-4-11(17)5-3-10/h2-8,16-17H,9H2,1H3. The van der Waals surface area contributed by atoms with Gasteiger partial charge in [-0.25, -0.2) is 13.1 Å². The number of hydrogen-bond acceptors (Lipinski definition) is 4. The molecule has 0 spiro atoms. The number of phenols is 1. The van der Waals surface area contributed by atoms with Crippen LogP contribution in [0.15, 0.2) is 51.8 Å². The Hall–Kier alpha value is -1.57. The molecule has 0 aromatic heterocycles. The molecular weight excluding hydrogens is 358 g/mol. The van der Waals surface area contributed by atoms with Gasteiger partial charge in [-0.2, -0.15) is 0 Å². The summed E-state index contributed by atoms with van der Waals surface area (Å²) >= 11 is 3.26. The molecule has 0 fully saturated rings. The summed E-state index contributed by atoms with van der Waals surface area (Å²) in [6.45, 7) is 0.145. The molecule has 2 aromatic carbocycles. The molecule has 5 nitrogen and oxygen atoms in total. The van der Waals surface area contributed by atoms with E-state index in [0.29, 0.717) is 10.2 Å². The highest BCUT2D eigenvalue weighted by atomic mass is 79.9. The van der Waals surface area contributed by atoms with Gasteiger partial charge in [0, 0.05) is 6.54 Å². The van der Waals surface area contributed by atoms with Crippen molar-refractivity contribution in [3.63, 3.8) is 0 Å². The second kappa shape index (κ2) is 6.46. The molecule has 0 aliphatic rings. The van der Waals surface area contributed by atoms with Crippen molar-refractivity contribution in [2.24, 2.45) is 0 Å². The predicted octanol–water partition coefficient (Wildman–Crippen LogP) is 2.64. The first-order chi connectivity index (χ1) is 9.92. The Morgan fingerprint density at radius 1 is 1.19 bits per heavy atom. The number of ether oxygens (including phenoxy) is 1. The fourth-order valence-corrected chi connectivity index (χ4v) is 3.43. The number of nitrogens with one attached hydrogen (secondary N) is 1. The maximum Gasteiger partial charge on any atom is 0.240 e. The lowest BCUT2D eigenvalue weighted by molar-refractivity contribution is 0.411. The zero-order chi connectivity index (χ0) is 15.5.